The average molecular weight is 361 g/mol. The Morgan fingerprint density at radius 2 is 1.78 bits per heavy atom. The Bertz CT molecular complexity index is 845. The molecule has 5 nitrogen and oxygen atoms in total. The summed E-state index contributed by atoms with van der Waals surface area (Å²) < 4.78 is 11.7. The quantitative estimate of drug-likeness (QED) is 0.668. The molecule has 3 heterocycles. The van der Waals surface area contributed by atoms with Crippen LogP contribution in [0.25, 0.3) is 0 Å². The number of hydrogen-bond acceptors (Lipinski definition) is 5. The van der Waals surface area contributed by atoms with E-state index >= 15 is 0 Å². The lowest BCUT2D eigenvalue weighted by Crippen LogP contribution is -2.03. The summed E-state index contributed by atoms with van der Waals surface area (Å²) in [4.78, 5) is 8.75. The van der Waals surface area contributed by atoms with Gasteiger partial charge in [-0.15, -0.1) is 0 Å². The van der Waals surface area contributed by atoms with E-state index in [1.165, 1.54) is 5.56 Å². The molecule has 1 unspecified atom stereocenters. The normalized spacial score (nSPS) is 17.1. The van der Waals surface area contributed by atoms with Gasteiger partial charge in [0.25, 0.3) is 0 Å². The van der Waals surface area contributed by atoms with E-state index in [9.17, 15) is 0 Å². The van der Waals surface area contributed by atoms with Crippen molar-refractivity contribution in [1.82, 2.24) is 9.97 Å². The van der Waals surface area contributed by atoms with Crippen molar-refractivity contribution < 1.29 is 9.47 Å². The minimum Gasteiger partial charge on any atom is -0.439 e. The summed E-state index contributed by atoms with van der Waals surface area (Å²) in [6, 6.07) is 17.7. The van der Waals surface area contributed by atoms with Crippen LogP contribution in [0.2, 0.25) is 0 Å². The Morgan fingerprint density at radius 1 is 0.889 bits per heavy atom. The molecule has 1 aliphatic rings. The third-order valence-electron chi connectivity index (χ3n) is 4.70. The first-order valence-corrected chi connectivity index (χ1v) is 9.37. The molecule has 27 heavy (non-hydrogen) atoms. The summed E-state index contributed by atoms with van der Waals surface area (Å²) in [5.41, 5.74) is 2.13. The molecule has 1 saturated heterocycles. The highest BCUT2D eigenvalue weighted by Gasteiger charge is 2.19. The number of nitrogens with one attached hydrogen (secondary N) is 1. The van der Waals surface area contributed by atoms with Gasteiger partial charge in [0.05, 0.1) is 0 Å². The molecule has 4 rings (SSSR count). The Morgan fingerprint density at radius 3 is 2.63 bits per heavy atom. The highest BCUT2D eigenvalue weighted by Crippen LogP contribution is 2.34. The lowest BCUT2D eigenvalue weighted by molar-refractivity contribution is 0.143. The molecule has 1 aromatic carbocycles. The Hall–Kier alpha value is -2.92. The molecule has 0 spiro atoms. The standard InChI is InChI=1S/C22H23N3O2/c1-2-13-23-21(7-1)25-18-8-10-19(11-9-18)27-22-20(6-3-14-24-22)17-5-4-15-26-16-12-17/h1-3,6-11,13-14,17H,4-5,12,15-16H2,(H,23,25). The molecular weight excluding hydrogens is 338 g/mol. The summed E-state index contributed by atoms with van der Waals surface area (Å²) in [5, 5.41) is 3.27. The van der Waals surface area contributed by atoms with Gasteiger partial charge < -0.3 is 14.8 Å². The summed E-state index contributed by atoms with van der Waals surface area (Å²) >= 11 is 0. The second-order valence-electron chi connectivity index (χ2n) is 6.60. The van der Waals surface area contributed by atoms with Crippen molar-refractivity contribution in [2.45, 2.75) is 25.2 Å². The molecule has 1 atom stereocenters. The molecule has 0 amide bonds. The van der Waals surface area contributed by atoms with Gasteiger partial charge in [0, 0.05) is 36.9 Å². The van der Waals surface area contributed by atoms with Crippen molar-refractivity contribution in [2.24, 2.45) is 0 Å². The molecular formula is C22H23N3O2. The van der Waals surface area contributed by atoms with Gasteiger partial charge in [0.15, 0.2) is 0 Å². The molecule has 5 heteroatoms. The minimum absolute atomic E-state index is 0.432. The van der Waals surface area contributed by atoms with Crippen LogP contribution in [-0.4, -0.2) is 23.2 Å². The maximum atomic E-state index is 6.11. The molecule has 1 aliphatic heterocycles. The fourth-order valence-electron chi connectivity index (χ4n) is 3.32. The van der Waals surface area contributed by atoms with E-state index in [0.29, 0.717) is 11.8 Å². The van der Waals surface area contributed by atoms with Gasteiger partial charge in [0.1, 0.15) is 11.6 Å². The third-order valence-corrected chi connectivity index (χ3v) is 4.70. The number of pyridine rings is 2. The number of benzene rings is 1. The number of anilines is 2. The Balaban J connectivity index is 1.47. The molecule has 2 aromatic heterocycles. The molecule has 0 saturated carbocycles. The molecule has 0 radical (unpaired) electrons. The second kappa shape index (κ2) is 8.64. The number of aromatic nitrogens is 2. The SMILES string of the molecule is c1ccc(Nc2ccc(Oc3ncccc3C3CCCOCC3)cc2)nc1. The average Bonchev–Trinajstić information content (AvgIpc) is 3.00. The first kappa shape index (κ1) is 17.5. The van der Waals surface area contributed by atoms with Gasteiger partial charge in [-0.3, -0.25) is 0 Å². The fraction of sp³-hybridized carbons (Fsp3) is 0.273. The number of nitrogens with zero attached hydrogens (tertiary/aromatic N) is 2. The van der Waals surface area contributed by atoms with E-state index in [4.69, 9.17) is 9.47 Å². The minimum atomic E-state index is 0.432. The van der Waals surface area contributed by atoms with Gasteiger partial charge >= 0.3 is 0 Å². The molecule has 0 bridgehead atoms. The Labute approximate surface area is 159 Å². The fourth-order valence-corrected chi connectivity index (χ4v) is 3.32. The number of hydrogen-bond donors (Lipinski definition) is 1. The topological polar surface area (TPSA) is 56.3 Å². The van der Waals surface area contributed by atoms with Gasteiger partial charge in [-0.2, -0.15) is 0 Å². The van der Waals surface area contributed by atoms with Gasteiger partial charge in [-0.1, -0.05) is 12.1 Å². The maximum absolute atomic E-state index is 6.11. The zero-order valence-corrected chi connectivity index (χ0v) is 15.2. The Kier molecular flexibility index (Phi) is 5.60. The second-order valence-corrected chi connectivity index (χ2v) is 6.60. The summed E-state index contributed by atoms with van der Waals surface area (Å²) in [6.07, 6.45) is 6.74. The van der Waals surface area contributed by atoms with Crippen LogP contribution in [0.5, 0.6) is 11.6 Å². The molecule has 3 aromatic rings. The van der Waals surface area contributed by atoms with Gasteiger partial charge in [-0.25, -0.2) is 9.97 Å². The van der Waals surface area contributed by atoms with Crippen LogP contribution in [0.3, 0.4) is 0 Å². The molecule has 1 fully saturated rings. The number of rotatable bonds is 5. The van der Waals surface area contributed by atoms with Gasteiger partial charge in [-0.05, 0) is 67.6 Å². The van der Waals surface area contributed by atoms with Crippen molar-refractivity contribution in [3.8, 4) is 11.6 Å². The van der Waals surface area contributed by atoms with Crippen LogP contribution in [0.4, 0.5) is 11.5 Å². The van der Waals surface area contributed by atoms with Crippen LogP contribution < -0.4 is 10.1 Å². The maximum Gasteiger partial charge on any atom is 0.222 e. The van der Waals surface area contributed by atoms with Crippen molar-refractivity contribution in [3.05, 3.63) is 72.6 Å². The van der Waals surface area contributed by atoms with E-state index in [2.05, 4.69) is 21.4 Å². The third kappa shape index (κ3) is 4.63. The van der Waals surface area contributed by atoms with E-state index in [1.54, 1.807) is 12.4 Å². The number of ether oxygens (including phenoxy) is 2. The van der Waals surface area contributed by atoms with E-state index in [-0.39, 0.29) is 0 Å². The molecule has 1 N–H and O–H groups in total. The monoisotopic (exact) mass is 361 g/mol. The smallest absolute Gasteiger partial charge is 0.222 e. The van der Waals surface area contributed by atoms with Crippen LogP contribution in [-0.2, 0) is 4.74 Å². The summed E-state index contributed by atoms with van der Waals surface area (Å²) in [7, 11) is 0. The van der Waals surface area contributed by atoms with E-state index < -0.39 is 0 Å². The first-order chi connectivity index (χ1) is 13.4. The highest BCUT2D eigenvalue weighted by atomic mass is 16.5. The van der Waals surface area contributed by atoms with Crippen molar-refractivity contribution in [2.75, 3.05) is 18.5 Å². The van der Waals surface area contributed by atoms with Gasteiger partial charge in [0.2, 0.25) is 5.88 Å². The lowest BCUT2D eigenvalue weighted by atomic mass is 9.93. The predicted octanol–water partition coefficient (Wildman–Crippen LogP) is 5.30. The summed E-state index contributed by atoms with van der Waals surface area (Å²) in [5.74, 6) is 2.70. The van der Waals surface area contributed by atoms with Crippen molar-refractivity contribution in [3.63, 3.8) is 0 Å². The van der Waals surface area contributed by atoms with Crippen molar-refractivity contribution >= 4 is 11.5 Å². The molecule has 138 valence electrons. The first-order valence-electron chi connectivity index (χ1n) is 9.37. The largest absolute Gasteiger partial charge is 0.439 e. The predicted molar refractivity (Wildman–Crippen MR) is 106 cm³/mol. The zero-order chi connectivity index (χ0) is 18.3. The van der Waals surface area contributed by atoms with Crippen LogP contribution in [0.1, 0.15) is 30.7 Å². The zero-order valence-electron chi connectivity index (χ0n) is 15.2. The van der Waals surface area contributed by atoms with Crippen molar-refractivity contribution in [1.29, 1.82) is 0 Å². The molecule has 0 aliphatic carbocycles. The van der Waals surface area contributed by atoms with Crippen LogP contribution >= 0.6 is 0 Å². The summed E-state index contributed by atoms with van der Waals surface area (Å²) in [6.45, 7) is 1.64. The lowest BCUT2D eigenvalue weighted by Gasteiger charge is -2.17. The van der Waals surface area contributed by atoms with E-state index in [0.717, 1.165) is 49.7 Å². The van der Waals surface area contributed by atoms with E-state index in [1.807, 2.05) is 48.5 Å². The van der Waals surface area contributed by atoms with Crippen LogP contribution in [0.15, 0.2) is 67.0 Å². The van der Waals surface area contributed by atoms with Crippen LogP contribution in [0, 0.1) is 0 Å². The highest BCUT2D eigenvalue weighted by molar-refractivity contribution is 5.57.